The van der Waals surface area contributed by atoms with Gasteiger partial charge in [-0.25, -0.2) is 5.06 Å². The Morgan fingerprint density at radius 1 is 0.867 bits per heavy atom. The van der Waals surface area contributed by atoms with E-state index in [-0.39, 0.29) is 18.9 Å². The van der Waals surface area contributed by atoms with Gasteiger partial charge < -0.3 is 13.9 Å². The number of rotatable bonds is 8. The maximum absolute atomic E-state index is 12.5. The molecule has 0 fully saturated rings. The highest BCUT2D eigenvalue weighted by Crippen LogP contribution is 2.25. The first-order valence-corrected chi connectivity index (χ1v) is 9.58. The lowest BCUT2D eigenvalue weighted by Crippen LogP contribution is -2.31. The SMILES string of the molecule is O=C(c1cc2cccc(COc3ccccc3)c2o1)N(O)CCOc1ccccc1. The fourth-order valence-electron chi connectivity index (χ4n) is 3.02. The van der Waals surface area contributed by atoms with Crippen LogP contribution in [0.1, 0.15) is 16.1 Å². The van der Waals surface area contributed by atoms with Gasteiger partial charge in [0, 0.05) is 10.9 Å². The second-order valence-electron chi connectivity index (χ2n) is 6.64. The number of carbonyl (C=O) groups is 1. The van der Waals surface area contributed by atoms with Gasteiger partial charge in [-0.05, 0) is 30.3 Å². The molecule has 0 unspecified atom stereocenters. The first-order valence-electron chi connectivity index (χ1n) is 9.58. The van der Waals surface area contributed by atoms with Crippen molar-refractivity contribution < 1.29 is 23.9 Å². The van der Waals surface area contributed by atoms with Crippen molar-refractivity contribution in [3.8, 4) is 11.5 Å². The van der Waals surface area contributed by atoms with E-state index in [9.17, 15) is 10.0 Å². The smallest absolute Gasteiger partial charge is 0.313 e. The Kier molecular flexibility index (Phi) is 5.96. The molecule has 0 saturated heterocycles. The Balaban J connectivity index is 1.41. The zero-order valence-electron chi connectivity index (χ0n) is 16.2. The normalized spacial score (nSPS) is 10.7. The molecule has 6 nitrogen and oxygen atoms in total. The Morgan fingerprint density at radius 2 is 1.53 bits per heavy atom. The topological polar surface area (TPSA) is 72.1 Å². The summed E-state index contributed by atoms with van der Waals surface area (Å²) in [4.78, 5) is 12.5. The zero-order chi connectivity index (χ0) is 20.8. The highest BCUT2D eigenvalue weighted by molar-refractivity contribution is 5.96. The minimum atomic E-state index is -0.627. The molecular formula is C24H21NO5. The molecule has 0 radical (unpaired) electrons. The van der Waals surface area contributed by atoms with Crippen molar-refractivity contribution in [1.82, 2.24) is 5.06 Å². The number of hydrogen-bond acceptors (Lipinski definition) is 5. The molecule has 1 heterocycles. The number of para-hydroxylation sites is 3. The van der Waals surface area contributed by atoms with Crippen LogP contribution in [-0.2, 0) is 6.61 Å². The molecule has 30 heavy (non-hydrogen) atoms. The maximum atomic E-state index is 12.5. The van der Waals surface area contributed by atoms with Crippen LogP contribution in [0.5, 0.6) is 11.5 Å². The van der Waals surface area contributed by atoms with E-state index in [1.807, 2.05) is 78.9 Å². The molecule has 4 rings (SSSR count). The van der Waals surface area contributed by atoms with Gasteiger partial charge in [0.25, 0.3) is 0 Å². The number of furan rings is 1. The number of ether oxygens (including phenoxy) is 2. The van der Waals surface area contributed by atoms with Gasteiger partial charge in [-0.3, -0.25) is 10.0 Å². The number of carbonyl (C=O) groups excluding carboxylic acids is 1. The molecule has 0 bridgehead atoms. The zero-order valence-corrected chi connectivity index (χ0v) is 16.2. The minimum absolute atomic E-state index is 0.00868. The summed E-state index contributed by atoms with van der Waals surface area (Å²) < 4.78 is 17.1. The van der Waals surface area contributed by atoms with E-state index in [1.165, 1.54) is 0 Å². The lowest BCUT2D eigenvalue weighted by Gasteiger charge is -2.14. The van der Waals surface area contributed by atoms with Gasteiger partial charge in [0.2, 0.25) is 0 Å². The molecule has 1 amide bonds. The first kappa shape index (κ1) is 19.5. The predicted octanol–water partition coefficient (Wildman–Crippen LogP) is 4.92. The summed E-state index contributed by atoms with van der Waals surface area (Å²) in [5.74, 6) is 0.847. The summed E-state index contributed by atoms with van der Waals surface area (Å²) >= 11 is 0. The van der Waals surface area contributed by atoms with Gasteiger partial charge in [0.1, 0.15) is 30.3 Å². The van der Waals surface area contributed by atoms with Gasteiger partial charge in [-0.15, -0.1) is 0 Å². The molecule has 0 atom stereocenters. The molecule has 3 aromatic carbocycles. The molecule has 0 spiro atoms. The van der Waals surface area contributed by atoms with Crippen LogP contribution in [0.3, 0.4) is 0 Å². The Bertz CT molecular complexity index is 1110. The minimum Gasteiger partial charge on any atom is -0.492 e. The predicted molar refractivity (Wildman–Crippen MR) is 112 cm³/mol. The van der Waals surface area contributed by atoms with Crippen molar-refractivity contribution in [2.75, 3.05) is 13.2 Å². The number of nitrogens with zero attached hydrogens (tertiary/aromatic N) is 1. The van der Waals surface area contributed by atoms with Gasteiger partial charge in [-0.1, -0.05) is 54.6 Å². The summed E-state index contributed by atoms with van der Waals surface area (Å²) in [5.41, 5.74) is 1.37. The van der Waals surface area contributed by atoms with Gasteiger partial charge >= 0.3 is 5.91 Å². The average Bonchev–Trinajstić information content (AvgIpc) is 3.23. The molecule has 4 aromatic rings. The lowest BCUT2D eigenvalue weighted by molar-refractivity contribution is -0.0654. The summed E-state index contributed by atoms with van der Waals surface area (Å²) in [6.07, 6.45) is 0. The number of amides is 1. The van der Waals surface area contributed by atoms with E-state index >= 15 is 0 Å². The third kappa shape index (κ3) is 4.61. The van der Waals surface area contributed by atoms with Crippen molar-refractivity contribution in [3.63, 3.8) is 0 Å². The number of fused-ring (bicyclic) bond motifs is 1. The molecule has 152 valence electrons. The molecule has 1 aromatic heterocycles. The fraction of sp³-hybridized carbons (Fsp3) is 0.125. The van der Waals surface area contributed by atoms with E-state index < -0.39 is 5.91 Å². The molecule has 1 N–H and O–H groups in total. The van der Waals surface area contributed by atoms with Crippen LogP contribution in [-0.4, -0.2) is 29.3 Å². The average molecular weight is 403 g/mol. The molecular weight excluding hydrogens is 382 g/mol. The van der Waals surface area contributed by atoms with Crippen LogP contribution in [0, 0.1) is 0 Å². The summed E-state index contributed by atoms with van der Waals surface area (Å²) in [5, 5.41) is 11.5. The van der Waals surface area contributed by atoms with Crippen LogP contribution in [0.4, 0.5) is 0 Å². The van der Waals surface area contributed by atoms with Crippen molar-refractivity contribution >= 4 is 16.9 Å². The fourth-order valence-corrected chi connectivity index (χ4v) is 3.02. The quantitative estimate of drug-likeness (QED) is 0.334. The largest absolute Gasteiger partial charge is 0.492 e. The van der Waals surface area contributed by atoms with Crippen molar-refractivity contribution in [1.29, 1.82) is 0 Å². The summed E-state index contributed by atoms with van der Waals surface area (Å²) in [6.45, 7) is 0.466. The second kappa shape index (κ2) is 9.15. The second-order valence-corrected chi connectivity index (χ2v) is 6.64. The highest BCUT2D eigenvalue weighted by atomic mass is 16.5. The van der Waals surface area contributed by atoms with Crippen molar-refractivity contribution in [3.05, 3.63) is 96.3 Å². The standard InChI is InChI=1S/C24H21NO5/c26-24(25(27)14-15-28-20-10-3-1-4-11-20)22-16-18-8-7-9-19(23(18)30-22)17-29-21-12-5-2-6-13-21/h1-13,16,27H,14-15,17H2. The summed E-state index contributed by atoms with van der Waals surface area (Å²) in [7, 11) is 0. The van der Waals surface area contributed by atoms with Crippen molar-refractivity contribution in [2.24, 2.45) is 0 Å². The Labute approximate surface area is 173 Å². The lowest BCUT2D eigenvalue weighted by atomic mass is 10.1. The van der Waals surface area contributed by atoms with E-state index in [0.717, 1.165) is 16.7 Å². The number of hydroxylamine groups is 2. The molecule has 0 aliphatic rings. The Hall–Kier alpha value is -3.77. The van der Waals surface area contributed by atoms with Crippen LogP contribution < -0.4 is 9.47 Å². The van der Waals surface area contributed by atoms with Gasteiger partial charge in [-0.2, -0.15) is 0 Å². The molecule has 0 saturated carbocycles. The maximum Gasteiger partial charge on any atom is 0.313 e. The van der Waals surface area contributed by atoms with Crippen molar-refractivity contribution in [2.45, 2.75) is 6.61 Å². The number of hydrogen-bond donors (Lipinski definition) is 1. The van der Waals surface area contributed by atoms with E-state index in [4.69, 9.17) is 13.9 Å². The van der Waals surface area contributed by atoms with Gasteiger partial charge in [0.15, 0.2) is 5.76 Å². The van der Waals surface area contributed by atoms with Gasteiger partial charge in [0.05, 0.1) is 6.54 Å². The Morgan fingerprint density at radius 3 is 2.23 bits per heavy atom. The molecule has 6 heteroatoms. The number of benzene rings is 3. The molecule has 0 aliphatic carbocycles. The monoisotopic (exact) mass is 403 g/mol. The van der Waals surface area contributed by atoms with E-state index in [0.29, 0.717) is 23.0 Å². The summed E-state index contributed by atoms with van der Waals surface area (Å²) in [6, 6.07) is 25.9. The third-order valence-electron chi connectivity index (χ3n) is 4.52. The van der Waals surface area contributed by atoms with Crippen LogP contribution in [0.15, 0.2) is 89.3 Å². The van der Waals surface area contributed by atoms with Crippen LogP contribution in [0.25, 0.3) is 11.0 Å². The third-order valence-corrected chi connectivity index (χ3v) is 4.52. The molecule has 0 aliphatic heterocycles. The first-order chi connectivity index (χ1) is 14.7. The van der Waals surface area contributed by atoms with Crippen LogP contribution in [0.2, 0.25) is 0 Å². The highest BCUT2D eigenvalue weighted by Gasteiger charge is 2.19. The van der Waals surface area contributed by atoms with E-state index in [2.05, 4.69) is 0 Å². The van der Waals surface area contributed by atoms with Crippen LogP contribution >= 0.6 is 0 Å². The van der Waals surface area contributed by atoms with E-state index in [1.54, 1.807) is 6.07 Å².